The van der Waals surface area contributed by atoms with Crippen LogP contribution in [-0.2, 0) is 0 Å². The molecule has 2 aliphatic rings. The van der Waals surface area contributed by atoms with E-state index >= 15 is 0 Å². The Morgan fingerprint density at radius 2 is 2.00 bits per heavy atom. The Kier molecular flexibility index (Phi) is 2.14. The highest BCUT2D eigenvalue weighted by Crippen LogP contribution is 2.32. The van der Waals surface area contributed by atoms with Crippen LogP contribution in [0.25, 0.3) is 0 Å². The molecule has 0 aromatic heterocycles. The van der Waals surface area contributed by atoms with E-state index < -0.39 is 0 Å². The maximum absolute atomic E-state index is 5.72. The van der Waals surface area contributed by atoms with Gasteiger partial charge in [-0.05, 0) is 32.2 Å². The molecule has 1 atom stereocenters. The molecule has 0 unspecified atom stereocenters. The average molecular weight is 154 g/mol. The summed E-state index contributed by atoms with van der Waals surface area (Å²) in [5.74, 6) is 0. The SMILES string of the molecule is NC[C@@H]1CCCCN1C1CC1. The molecule has 2 heteroatoms. The van der Waals surface area contributed by atoms with Crippen molar-refractivity contribution >= 4 is 0 Å². The van der Waals surface area contributed by atoms with E-state index in [0.29, 0.717) is 0 Å². The van der Waals surface area contributed by atoms with E-state index in [1.54, 1.807) is 0 Å². The van der Waals surface area contributed by atoms with E-state index in [1.165, 1.54) is 38.6 Å². The van der Waals surface area contributed by atoms with Gasteiger partial charge in [-0.2, -0.15) is 0 Å². The molecule has 1 saturated heterocycles. The first-order valence-electron chi connectivity index (χ1n) is 4.87. The minimum atomic E-state index is 0.719. The molecule has 2 rings (SSSR count). The zero-order chi connectivity index (χ0) is 7.68. The van der Waals surface area contributed by atoms with Gasteiger partial charge >= 0.3 is 0 Å². The van der Waals surface area contributed by atoms with Crippen molar-refractivity contribution in [2.45, 2.75) is 44.2 Å². The van der Waals surface area contributed by atoms with Crippen molar-refractivity contribution in [3.8, 4) is 0 Å². The summed E-state index contributed by atoms with van der Waals surface area (Å²) < 4.78 is 0. The van der Waals surface area contributed by atoms with Crippen molar-refractivity contribution in [3.63, 3.8) is 0 Å². The molecule has 1 aliphatic carbocycles. The van der Waals surface area contributed by atoms with Gasteiger partial charge in [0.25, 0.3) is 0 Å². The van der Waals surface area contributed by atoms with Crippen LogP contribution in [0.5, 0.6) is 0 Å². The fraction of sp³-hybridized carbons (Fsp3) is 1.00. The summed E-state index contributed by atoms with van der Waals surface area (Å²) in [7, 11) is 0. The lowest BCUT2D eigenvalue weighted by Gasteiger charge is -2.35. The summed E-state index contributed by atoms with van der Waals surface area (Å²) in [6.45, 7) is 2.18. The van der Waals surface area contributed by atoms with Crippen LogP contribution in [0.2, 0.25) is 0 Å². The quantitative estimate of drug-likeness (QED) is 0.642. The molecule has 1 aliphatic heterocycles. The first-order valence-corrected chi connectivity index (χ1v) is 4.87. The summed E-state index contributed by atoms with van der Waals surface area (Å²) in [6, 6.07) is 1.64. The minimum absolute atomic E-state index is 0.719. The Labute approximate surface area is 68.7 Å². The summed E-state index contributed by atoms with van der Waals surface area (Å²) in [6.07, 6.45) is 6.98. The molecule has 0 bridgehead atoms. The van der Waals surface area contributed by atoms with Crippen molar-refractivity contribution in [2.24, 2.45) is 5.73 Å². The van der Waals surface area contributed by atoms with Crippen molar-refractivity contribution in [1.29, 1.82) is 0 Å². The Morgan fingerprint density at radius 1 is 1.18 bits per heavy atom. The third-order valence-electron chi connectivity index (χ3n) is 2.96. The molecule has 11 heavy (non-hydrogen) atoms. The first kappa shape index (κ1) is 7.56. The highest BCUT2D eigenvalue weighted by Gasteiger charge is 2.34. The predicted octanol–water partition coefficient (Wildman–Crippen LogP) is 0.962. The van der Waals surface area contributed by atoms with Crippen molar-refractivity contribution in [1.82, 2.24) is 4.90 Å². The molecule has 2 fully saturated rings. The Balaban J connectivity index is 1.91. The molecule has 1 saturated carbocycles. The molecule has 0 aromatic rings. The van der Waals surface area contributed by atoms with Crippen molar-refractivity contribution in [3.05, 3.63) is 0 Å². The Bertz CT molecular complexity index is 132. The summed E-state index contributed by atoms with van der Waals surface area (Å²) >= 11 is 0. The lowest BCUT2D eigenvalue weighted by molar-refractivity contribution is 0.144. The number of rotatable bonds is 2. The second-order valence-corrected chi connectivity index (χ2v) is 3.85. The number of piperidine rings is 1. The fourth-order valence-corrected chi connectivity index (χ4v) is 2.16. The highest BCUT2D eigenvalue weighted by atomic mass is 15.2. The molecule has 0 amide bonds. The van der Waals surface area contributed by atoms with Crippen LogP contribution in [0.3, 0.4) is 0 Å². The molecule has 0 spiro atoms. The summed E-state index contributed by atoms with van der Waals surface area (Å²) in [4.78, 5) is 2.64. The zero-order valence-electron chi connectivity index (χ0n) is 7.13. The highest BCUT2D eigenvalue weighted by molar-refractivity contribution is 4.90. The average Bonchev–Trinajstić information content (AvgIpc) is 2.87. The van der Waals surface area contributed by atoms with Crippen molar-refractivity contribution in [2.75, 3.05) is 13.1 Å². The maximum atomic E-state index is 5.72. The van der Waals surface area contributed by atoms with E-state index in [2.05, 4.69) is 4.90 Å². The van der Waals surface area contributed by atoms with Crippen molar-refractivity contribution < 1.29 is 0 Å². The molecular formula is C9H18N2. The molecular weight excluding hydrogens is 136 g/mol. The standard InChI is InChI=1S/C9H18N2/c10-7-9-3-1-2-6-11(9)8-4-5-8/h8-9H,1-7,10H2/t9-/m0/s1. The Hall–Kier alpha value is -0.0800. The van der Waals surface area contributed by atoms with Gasteiger partial charge in [0.05, 0.1) is 0 Å². The minimum Gasteiger partial charge on any atom is -0.329 e. The molecule has 0 aromatic carbocycles. The second-order valence-electron chi connectivity index (χ2n) is 3.85. The lowest BCUT2D eigenvalue weighted by Crippen LogP contribution is -2.45. The third-order valence-corrected chi connectivity index (χ3v) is 2.96. The molecule has 2 N–H and O–H groups in total. The normalized spacial score (nSPS) is 34.1. The maximum Gasteiger partial charge on any atom is 0.0221 e. The van der Waals surface area contributed by atoms with E-state index in [-0.39, 0.29) is 0 Å². The lowest BCUT2D eigenvalue weighted by atomic mass is 10.0. The van der Waals surface area contributed by atoms with Crippen LogP contribution in [0.4, 0.5) is 0 Å². The zero-order valence-corrected chi connectivity index (χ0v) is 7.13. The number of hydrogen-bond acceptors (Lipinski definition) is 2. The number of hydrogen-bond donors (Lipinski definition) is 1. The van der Waals surface area contributed by atoms with Gasteiger partial charge < -0.3 is 5.73 Å². The van der Waals surface area contributed by atoms with Crippen LogP contribution in [0.15, 0.2) is 0 Å². The number of likely N-dealkylation sites (tertiary alicyclic amines) is 1. The van der Waals surface area contributed by atoms with Crippen LogP contribution in [0.1, 0.15) is 32.1 Å². The molecule has 2 nitrogen and oxygen atoms in total. The van der Waals surface area contributed by atoms with Gasteiger partial charge in [0.1, 0.15) is 0 Å². The predicted molar refractivity (Wildman–Crippen MR) is 46.4 cm³/mol. The fourth-order valence-electron chi connectivity index (χ4n) is 2.16. The van der Waals surface area contributed by atoms with Gasteiger partial charge in [0.2, 0.25) is 0 Å². The summed E-state index contributed by atoms with van der Waals surface area (Å²) in [5.41, 5.74) is 5.72. The molecule has 0 radical (unpaired) electrons. The van der Waals surface area contributed by atoms with Crippen LogP contribution < -0.4 is 5.73 Å². The smallest absolute Gasteiger partial charge is 0.0221 e. The largest absolute Gasteiger partial charge is 0.329 e. The first-order chi connectivity index (χ1) is 5.42. The van der Waals surface area contributed by atoms with E-state index in [0.717, 1.165) is 18.6 Å². The third kappa shape index (κ3) is 1.57. The number of nitrogens with zero attached hydrogens (tertiary/aromatic N) is 1. The van der Waals surface area contributed by atoms with E-state index in [4.69, 9.17) is 5.73 Å². The van der Waals surface area contributed by atoms with E-state index in [1.807, 2.05) is 0 Å². The van der Waals surface area contributed by atoms with Gasteiger partial charge in [0.15, 0.2) is 0 Å². The molecule has 64 valence electrons. The van der Waals surface area contributed by atoms with Crippen LogP contribution >= 0.6 is 0 Å². The van der Waals surface area contributed by atoms with Crippen LogP contribution in [-0.4, -0.2) is 30.1 Å². The van der Waals surface area contributed by atoms with Gasteiger partial charge in [-0.1, -0.05) is 6.42 Å². The number of nitrogens with two attached hydrogens (primary N) is 1. The topological polar surface area (TPSA) is 29.3 Å². The second kappa shape index (κ2) is 3.11. The van der Waals surface area contributed by atoms with Gasteiger partial charge in [-0.25, -0.2) is 0 Å². The van der Waals surface area contributed by atoms with Gasteiger partial charge in [0, 0.05) is 18.6 Å². The summed E-state index contributed by atoms with van der Waals surface area (Å²) in [5, 5.41) is 0. The molecule has 1 heterocycles. The van der Waals surface area contributed by atoms with Gasteiger partial charge in [-0.15, -0.1) is 0 Å². The van der Waals surface area contributed by atoms with Crippen LogP contribution in [0, 0.1) is 0 Å². The van der Waals surface area contributed by atoms with E-state index in [9.17, 15) is 0 Å². The Morgan fingerprint density at radius 3 is 2.64 bits per heavy atom. The monoisotopic (exact) mass is 154 g/mol. The van der Waals surface area contributed by atoms with Gasteiger partial charge in [-0.3, -0.25) is 4.90 Å².